The van der Waals surface area contributed by atoms with Crippen LogP contribution in [0, 0.1) is 0 Å². The van der Waals surface area contributed by atoms with Crippen molar-refractivity contribution in [3.05, 3.63) is 23.8 Å². The summed E-state index contributed by atoms with van der Waals surface area (Å²) in [7, 11) is -3.93. The van der Waals surface area contributed by atoms with Crippen LogP contribution >= 0.6 is 0 Å². The summed E-state index contributed by atoms with van der Waals surface area (Å²) in [6.45, 7) is 1.40. The fraction of sp³-hybridized carbons (Fsp3) is 0.364. The Morgan fingerprint density at radius 1 is 1.42 bits per heavy atom. The van der Waals surface area contributed by atoms with E-state index in [0.29, 0.717) is 0 Å². The Kier molecular flexibility index (Phi) is 3.04. The summed E-state index contributed by atoms with van der Waals surface area (Å²) in [6.07, 6.45) is 0. The molecular weight excluding hydrogens is 272 g/mol. The molecule has 8 heteroatoms. The number of nitrogens with two attached hydrogens (primary N) is 1. The molecule has 1 fully saturated rings. The lowest BCUT2D eigenvalue weighted by molar-refractivity contribution is -0.0426. The van der Waals surface area contributed by atoms with Crippen LogP contribution in [0.25, 0.3) is 0 Å². The molecule has 1 heterocycles. The molecule has 0 unspecified atom stereocenters. The molecule has 0 spiro atoms. The van der Waals surface area contributed by atoms with Crippen molar-refractivity contribution in [2.24, 2.45) is 0 Å². The second-order valence-electron chi connectivity index (χ2n) is 4.83. The zero-order valence-electron chi connectivity index (χ0n) is 10.2. The van der Waals surface area contributed by atoms with E-state index in [0.717, 1.165) is 10.4 Å². The number of hydrogen-bond acceptors (Lipinski definition) is 5. The second-order valence-corrected chi connectivity index (χ2v) is 6.74. The predicted octanol–water partition coefficient (Wildman–Crippen LogP) is -0.278. The highest BCUT2D eigenvalue weighted by Gasteiger charge is 2.44. The van der Waals surface area contributed by atoms with Gasteiger partial charge in [0.25, 0.3) is 0 Å². The van der Waals surface area contributed by atoms with E-state index in [1.54, 1.807) is 0 Å². The zero-order valence-corrected chi connectivity index (χ0v) is 11.0. The van der Waals surface area contributed by atoms with Gasteiger partial charge in [-0.3, -0.25) is 0 Å². The number of nitrogens with zero attached hydrogens (tertiary/aromatic N) is 1. The summed E-state index contributed by atoms with van der Waals surface area (Å²) < 4.78 is 25.5. The predicted molar refractivity (Wildman–Crippen MR) is 67.2 cm³/mol. The van der Waals surface area contributed by atoms with Crippen LogP contribution in [0.4, 0.5) is 5.69 Å². The molecule has 0 radical (unpaired) electrons. The fourth-order valence-corrected chi connectivity index (χ4v) is 3.80. The summed E-state index contributed by atoms with van der Waals surface area (Å²) in [6, 6.07) is 3.60. The standard InChI is InChI=1S/C11H14N2O5S/c1-11(16)5-13(6-11)19(17,18)9-3-2-7(12)4-8(9)10(14)15/h2-4,16H,5-6,12H2,1H3,(H,14,15). The van der Waals surface area contributed by atoms with Crippen molar-refractivity contribution in [3.8, 4) is 0 Å². The van der Waals surface area contributed by atoms with E-state index in [4.69, 9.17) is 10.8 Å². The normalized spacial score (nSPS) is 18.8. The fourth-order valence-electron chi connectivity index (χ4n) is 1.96. The van der Waals surface area contributed by atoms with Crippen LogP contribution in [0.2, 0.25) is 0 Å². The second kappa shape index (κ2) is 4.19. The van der Waals surface area contributed by atoms with Crippen LogP contribution in [0.5, 0.6) is 0 Å². The Bertz CT molecular complexity index is 630. The van der Waals surface area contributed by atoms with Crippen LogP contribution in [-0.4, -0.2) is 47.6 Å². The number of nitrogen functional groups attached to an aromatic ring is 1. The van der Waals surface area contributed by atoms with Gasteiger partial charge in [-0.2, -0.15) is 4.31 Å². The number of aliphatic hydroxyl groups is 1. The molecule has 1 aliphatic heterocycles. The highest BCUT2D eigenvalue weighted by atomic mass is 32.2. The van der Waals surface area contributed by atoms with Gasteiger partial charge in [0.15, 0.2) is 0 Å². The van der Waals surface area contributed by atoms with Crippen molar-refractivity contribution in [1.82, 2.24) is 4.31 Å². The quantitative estimate of drug-likeness (QED) is 0.657. The SMILES string of the molecule is CC1(O)CN(S(=O)(=O)c2ccc(N)cc2C(=O)O)C1. The van der Waals surface area contributed by atoms with E-state index < -0.39 is 21.6 Å². The number of anilines is 1. The van der Waals surface area contributed by atoms with Crippen LogP contribution in [0.1, 0.15) is 17.3 Å². The number of rotatable bonds is 3. The van der Waals surface area contributed by atoms with Crippen molar-refractivity contribution in [3.63, 3.8) is 0 Å². The van der Waals surface area contributed by atoms with Crippen LogP contribution in [0.3, 0.4) is 0 Å². The minimum absolute atomic E-state index is 0.0568. The number of carboxylic acids is 1. The van der Waals surface area contributed by atoms with Crippen molar-refractivity contribution in [2.45, 2.75) is 17.4 Å². The summed E-state index contributed by atoms with van der Waals surface area (Å²) in [4.78, 5) is 10.8. The average Bonchev–Trinajstić information content (AvgIpc) is 2.25. The van der Waals surface area contributed by atoms with Gasteiger partial charge in [-0.25, -0.2) is 13.2 Å². The molecule has 7 nitrogen and oxygen atoms in total. The molecule has 104 valence electrons. The monoisotopic (exact) mass is 286 g/mol. The molecule has 19 heavy (non-hydrogen) atoms. The lowest BCUT2D eigenvalue weighted by Crippen LogP contribution is -2.61. The highest BCUT2D eigenvalue weighted by Crippen LogP contribution is 2.30. The smallest absolute Gasteiger partial charge is 0.337 e. The number of carbonyl (C=O) groups is 1. The number of benzene rings is 1. The summed E-state index contributed by atoms with van der Waals surface area (Å²) in [5, 5.41) is 18.6. The molecule has 4 N–H and O–H groups in total. The molecule has 0 atom stereocenters. The zero-order chi connectivity index (χ0) is 14.4. The first-order valence-corrected chi connectivity index (χ1v) is 6.93. The Morgan fingerprint density at radius 2 is 2.00 bits per heavy atom. The topological polar surface area (TPSA) is 121 Å². The Labute approximate surface area is 110 Å². The first-order valence-electron chi connectivity index (χ1n) is 5.49. The van der Waals surface area contributed by atoms with Crippen LogP contribution < -0.4 is 5.73 Å². The van der Waals surface area contributed by atoms with E-state index in [-0.39, 0.29) is 29.2 Å². The molecule has 1 saturated heterocycles. The maximum absolute atomic E-state index is 12.2. The van der Waals surface area contributed by atoms with Gasteiger partial charge in [-0.1, -0.05) is 0 Å². The van der Waals surface area contributed by atoms with Crippen molar-refractivity contribution in [2.75, 3.05) is 18.8 Å². The number of carboxylic acid groups (broad SMARTS) is 1. The van der Waals surface area contributed by atoms with Gasteiger partial charge < -0.3 is 15.9 Å². The maximum atomic E-state index is 12.2. The maximum Gasteiger partial charge on any atom is 0.337 e. The molecule has 0 aliphatic carbocycles. The first kappa shape index (κ1) is 13.8. The van der Waals surface area contributed by atoms with Gasteiger partial charge in [0.05, 0.1) is 16.1 Å². The molecule has 1 aliphatic rings. The van der Waals surface area contributed by atoms with Gasteiger partial charge in [0.2, 0.25) is 10.0 Å². The average molecular weight is 286 g/mol. The molecule has 2 rings (SSSR count). The van der Waals surface area contributed by atoms with Crippen molar-refractivity contribution < 1.29 is 23.4 Å². The van der Waals surface area contributed by atoms with Crippen molar-refractivity contribution >= 4 is 21.7 Å². The summed E-state index contributed by atoms with van der Waals surface area (Å²) in [5.41, 5.74) is 4.20. The molecule has 0 amide bonds. The molecule has 1 aromatic rings. The number of sulfonamides is 1. The lowest BCUT2D eigenvalue weighted by atomic mass is 10.0. The molecular formula is C11H14N2O5S. The summed E-state index contributed by atoms with van der Waals surface area (Å²) >= 11 is 0. The lowest BCUT2D eigenvalue weighted by Gasteiger charge is -2.42. The van der Waals surface area contributed by atoms with Crippen LogP contribution in [-0.2, 0) is 10.0 Å². The van der Waals surface area contributed by atoms with Gasteiger partial charge >= 0.3 is 5.97 Å². The third-order valence-electron chi connectivity index (χ3n) is 2.89. The summed E-state index contributed by atoms with van der Waals surface area (Å²) in [5.74, 6) is -1.36. The Morgan fingerprint density at radius 3 is 2.47 bits per heavy atom. The molecule has 0 saturated carbocycles. The Balaban J connectivity index is 2.45. The van der Waals surface area contributed by atoms with Gasteiger partial charge in [0, 0.05) is 18.8 Å². The largest absolute Gasteiger partial charge is 0.478 e. The minimum Gasteiger partial charge on any atom is -0.478 e. The van der Waals surface area contributed by atoms with E-state index in [2.05, 4.69) is 0 Å². The third kappa shape index (κ3) is 2.42. The minimum atomic E-state index is -3.93. The number of hydrogen-bond donors (Lipinski definition) is 3. The van der Waals surface area contributed by atoms with Gasteiger partial charge in [0.1, 0.15) is 0 Å². The van der Waals surface area contributed by atoms with Crippen LogP contribution in [0.15, 0.2) is 23.1 Å². The molecule has 0 aromatic heterocycles. The van der Waals surface area contributed by atoms with E-state index in [9.17, 15) is 18.3 Å². The molecule has 0 bridgehead atoms. The van der Waals surface area contributed by atoms with E-state index in [1.165, 1.54) is 19.1 Å². The number of β-amino-alcohol motifs (C(OH)–C–C–N with tert-alkyl or cyclic N) is 1. The van der Waals surface area contributed by atoms with Crippen molar-refractivity contribution in [1.29, 1.82) is 0 Å². The van der Waals surface area contributed by atoms with Gasteiger partial charge in [-0.05, 0) is 25.1 Å². The first-order chi connectivity index (χ1) is 8.63. The number of aromatic carboxylic acids is 1. The highest BCUT2D eigenvalue weighted by molar-refractivity contribution is 7.89. The van der Waals surface area contributed by atoms with E-state index >= 15 is 0 Å². The Hall–Kier alpha value is -1.64. The van der Waals surface area contributed by atoms with E-state index in [1.807, 2.05) is 0 Å². The molecule has 1 aromatic carbocycles. The van der Waals surface area contributed by atoms with Gasteiger partial charge in [-0.15, -0.1) is 0 Å². The third-order valence-corrected chi connectivity index (χ3v) is 4.74.